The summed E-state index contributed by atoms with van der Waals surface area (Å²) >= 11 is 9.56. The van der Waals surface area contributed by atoms with Crippen LogP contribution in [0.1, 0.15) is 11.3 Å². The van der Waals surface area contributed by atoms with Gasteiger partial charge < -0.3 is 4.74 Å². The number of ether oxygens (including phenoxy) is 1. The highest BCUT2D eigenvalue weighted by Gasteiger charge is 2.07. The number of para-hydroxylation sites is 1. The highest BCUT2D eigenvalue weighted by molar-refractivity contribution is 9.08. The van der Waals surface area contributed by atoms with Crippen LogP contribution < -0.4 is 4.74 Å². The maximum atomic E-state index is 6.13. The van der Waals surface area contributed by atoms with E-state index in [9.17, 15) is 0 Å². The summed E-state index contributed by atoms with van der Waals surface area (Å²) in [4.78, 5) is 4.25. The fourth-order valence-electron chi connectivity index (χ4n) is 1.62. The quantitative estimate of drug-likeness (QED) is 0.766. The van der Waals surface area contributed by atoms with Crippen LogP contribution >= 0.6 is 27.5 Å². The minimum absolute atomic E-state index is 0.570. The van der Waals surface area contributed by atoms with Gasteiger partial charge in [0.2, 0.25) is 0 Å². The Bertz CT molecular complexity index is 504. The van der Waals surface area contributed by atoms with Crippen LogP contribution in [0.4, 0.5) is 0 Å². The molecule has 4 heteroatoms. The summed E-state index contributed by atoms with van der Waals surface area (Å²) in [5.74, 6) is 0.756. The Balaban J connectivity index is 1.98. The molecule has 2 aromatic rings. The van der Waals surface area contributed by atoms with Crippen molar-refractivity contribution >= 4 is 27.5 Å². The summed E-state index contributed by atoms with van der Waals surface area (Å²) < 4.78 is 5.76. The number of hydrogen-bond donors (Lipinski definition) is 0. The molecule has 0 aliphatic carbocycles. The predicted molar refractivity (Wildman–Crippen MR) is 77.5 cm³/mol. The fourth-order valence-corrected chi connectivity index (χ4v) is 2.31. The van der Waals surface area contributed by atoms with E-state index >= 15 is 0 Å². The van der Waals surface area contributed by atoms with E-state index in [0.717, 1.165) is 28.8 Å². The van der Waals surface area contributed by atoms with Crippen molar-refractivity contribution in [3.8, 4) is 5.75 Å². The van der Waals surface area contributed by atoms with Gasteiger partial charge in [0.05, 0.1) is 11.6 Å². The molecule has 1 aromatic heterocycles. The lowest BCUT2D eigenvalue weighted by Gasteiger charge is -2.11. The molecule has 0 bridgehead atoms. The molecular formula is C14H13BrClNO. The summed E-state index contributed by atoms with van der Waals surface area (Å²) in [6.07, 6.45) is 2.56. The van der Waals surface area contributed by atoms with Gasteiger partial charge in [-0.2, -0.15) is 0 Å². The van der Waals surface area contributed by atoms with E-state index in [1.165, 1.54) is 0 Å². The normalized spacial score (nSPS) is 10.3. The number of nitrogens with zero attached hydrogens (tertiary/aromatic N) is 1. The average molecular weight is 327 g/mol. The third-order valence-electron chi connectivity index (χ3n) is 2.52. The summed E-state index contributed by atoms with van der Waals surface area (Å²) in [5.41, 5.74) is 2.08. The predicted octanol–water partition coefficient (Wildman–Crippen LogP) is 4.25. The molecule has 0 atom stereocenters. The van der Waals surface area contributed by atoms with Crippen molar-refractivity contribution in [3.05, 3.63) is 58.9 Å². The SMILES string of the molecule is Clc1cccc(CBr)c1OCCc1ccccn1. The van der Waals surface area contributed by atoms with E-state index < -0.39 is 0 Å². The zero-order valence-corrected chi connectivity index (χ0v) is 12.1. The van der Waals surface area contributed by atoms with E-state index in [-0.39, 0.29) is 0 Å². The average Bonchev–Trinajstić information content (AvgIpc) is 2.41. The molecule has 2 nitrogen and oxygen atoms in total. The third-order valence-corrected chi connectivity index (χ3v) is 3.42. The van der Waals surface area contributed by atoms with Crippen LogP contribution in [0.5, 0.6) is 5.75 Å². The van der Waals surface area contributed by atoms with Crippen LogP contribution in [0.3, 0.4) is 0 Å². The molecule has 0 fully saturated rings. The number of hydrogen-bond acceptors (Lipinski definition) is 2. The second kappa shape index (κ2) is 6.76. The Kier molecular flexibility index (Phi) is 5.02. The molecule has 0 aliphatic rings. The van der Waals surface area contributed by atoms with E-state index in [0.29, 0.717) is 11.6 Å². The molecule has 1 heterocycles. The molecular weight excluding hydrogens is 314 g/mol. The first kappa shape index (κ1) is 13.4. The first-order chi connectivity index (χ1) is 8.81. The van der Waals surface area contributed by atoms with Gasteiger partial charge in [0.25, 0.3) is 0 Å². The van der Waals surface area contributed by atoms with Crippen LogP contribution in [-0.4, -0.2) is 11.6 Å². The zero-order valence-electron chi connectivity index (χ0n) is 9.77. The van der Waals surface area contributed by atoms with Gasteiger partial charge in [-0.15, -0.1) is 0 Å². The Morgan fingerprint density at radius 3 is 2.78 bits per heavy atom. The lowest BCUT2D eigenvalue weighted by atomic mass is 10.2. The van der Waals surface area contributed by atoms with Crippen LogP contribution in [0.2, 0.25) is 5.02 Å². The molecule has 0 radical (unpaired) electrons. The molecule has 0 saturated carbocycles. The Morgan fingerprint density at radius 2 is 2.06 bits per heavy atom. The maximum absolute atomic E-state index is 6.13. The van der Waals surface area contributed by atoms with Crippen molar-refractivity contribution in [1.29, 1.82) is 0 Å². The van der Waals surface area contributed by atoms with Crippen molar-refractivity contribution in [2.24, 2.45) is 0 Å². The van der Waals surface area contributed by atoms with Gasteiger partial charge in [-0.05, 0) is 18.2 Å². The Morgan fingerprint density at radius 1 is 1.17 bits per heavy atom. The van der Waals surface area contributed by atoms with Crippen molar-refractivity contribution in [2.75, 3.05) is 6.61 Å². The number of rotatable bonds is 5. The molecule has 0 saturated heterocycles. The standard InChI is InChI=1S/C14H13BrClNO/c15-10-11-4-3-6-13(16)14(11)18-9-7-12-5-1-2-8-17-12/h1-6,8H,7,9-10H2. The minimum Gasteiger partial charge on any atom is -0.491 e. The van der Waals surface area contributed by atoms with Gasteiger partial charge in [0.1, 0.15) is 5.75 Å². The molecule has 0 unspecified atom stereocenters. The Labute approximate surface area is 120 Å². The summed E-state index contributed by atoms with van der Waals surface area (Å²) in [6, 6.07) is 11.6. The van der Waals surface area contributed by atoms with E-state index in [2.05, 4.69) is 20.9 Å². The lowest BCUT2D eigenvalue weighted by molar-refractivity contribution is 0.318. The lowest BCUT2D eigenvalue weighted by Crippen LogP contribution is -2.04. The highest BCUT2D eigenvalue weighted by atomic mass is 79.9. The van der Waals surface area contributed by atoms with Crippen molar-refractivity contribution in [2.45, 2.75) is 11.8 Å². The van der Waals surface area contributed by atoms with Gasteiger partial charge >= 0.3 is 0 Å². The zero-order chi connectivity index (χ0) is 12.8. The minimum atomic E-state index is 0.570. The van der Waals surface area contributed by atoms with Gasteiger partial charge in [0, 0.05) is 29.2 Å². The third kappa shape index (κ3) is 3.47. The first-order valence-corrected chi connectivity index (χ1v) is 7.17. The van der Waals surface area contributed by atoms with Gasteiger partial charge in [-0.25, -0.2) is 0 Å². The number of benzene rings is 1. The second-order valence-electron chi connectivity index (χ2n) is 3.78. The summed E-state index contributed by atoms with van der Waals surface area (Å²) in [6.45, 7) is 0.570. The molecule has 0 amide bonds. The molecule has 94 valence electrons. The fraction of sp³-hybridized carbons (Fsp3) is 0.214. The largest absolute Gasteiger partial charge is 0.491 e. The van der Waals surface area contributed by atoms with Crippen LogP contribution in [0.15, 0.2) is 42.6 Å². The van der Waals surface area contributed by atoms with Crippen molar-refractivity contribution in [1.82, 2.24) is 4.98 Å². The van der Waals surface area contributed by atoms with Gasteiger partial charge in [0.15, 0.2) is 0 Å². The number of aromatic nitrogens is 1. The first-order valence-electron chi connectivity index (χ1n) is 5.67. The number of pyridine rings is 1. The number of alkyl halides is 1. The van der Waals surface area contributed by atoms with Gasteiger partial charge in [-0.3, -0.25) is 4.98 Å². The van der Waals surface area contributed by atoms with E-state index in [1.807, 2.05) is 36.4 Å². The molecule has 1 aromatic carbocycles. The topological polar surface area (TPSA) is 22.1 Å². The molecule has 18 heavy (non-hydrogen) atoms. The molecule has 0 N–H and O–H groups in total. The van der Waals surface area contributed by atoms with Crippen LogP contribution in [-0.2, 0) is 11.8 Å². The molecule has 2 rings (SSSR count). The highest BCUT2D eigenvalue weighted by Crippen LogP contribution is 2.30. The van der Waals surface area contributed by atoms with Crippen LogP contribution in [0.25, 0.3) is 0 Å². The summed E-state index contributed by atoms with van der Waals surface area (Å²) in [5, 5.41) is 1.37. The number of halogens is 2. The van der Waals surface area contributed by atoms with E-state index in [1.54, 1.807) is 6.20 Å². The Hall–Kier alpha value is -1.06. The van der Waals surface area contributed by atoms with E-state index in [4.69, 9.17) is 16.3 Å². The monoisotopic (exact) mass is 325 g/mol. The van der Waals surface area contributed by atoms with Crippen molar-refractivity contribution in [3.63, 3.8) is 0 Å². The van der Waals surface area contributed by atoms with Gasteiger partial charge in [-0.1, -0.05) is 45.7 Å². The molecule has 0 aliphatic heterocycles. The molecule has 0 spiro atoms. The van der Waals surface area contributed by atoms with Crippen molar-refractivity contribution < 1.29 is 4.74 Å². The summed E-state index contributed by atoms with van der Waals surface area (Å²) in [7, 11) is 0. The second-order valence-corrected chi connectivity index (χ2v) is 4.75. The van der Waals surface area contributed by atoms with Crippen LogP contribution in [0, 0.1) is 0 Å². The maximum Gasteiger partial charge on any atom is 0.141 e. The smallest absolute Gasteiger partial charge is 0.141 e.